The molecule has 4 heteroatoms. The maximum atomic E-state index is 4.36. The summed E-state index contributed by atoms with van der Waals surface area (Å²) in [5, 5.41) is 2.07. The van der Waals surface area contributed by atoms with E-state index in [0.29, 0.717) is 0 Å². The number of rotatable bonds is 4. The Morgan fingerprint density at radius 3 is 3.13 bits per heavy atom. The number of hydrogen-bond acceptors (Lipinski definition) is 3. The third-order valence-electron chi connectivity index (χ3n) is 2.03. The topological polar surface area (TPSA) is 17.8 Å². The minimum Gasteiger partial charge on any atom is -0.326 e. The summed E-state index contributed by atoms with van der Waals surface area (Å²) >= 11 is 5.84. The van der Waals surface area contributed by atoms with Crippen LogP contribution in [-0.2, 0) is 6.54 Å². The molecule has 0 saturated heterocycles. The van der Waals surface area contributed by atoms with Gasteiger partial charge in [0, 0.05) is 24.7 Å². The maximum absolute atomic E-state index is 4.36. The monoisotopic (exact) mass is 236 g/mol. The molecule has 0 atom stereocenters. The molecule has 0 fully saturated rings. The number of thiol groups is 1. The molecule has 0 aliphatic rings. The molecule has 0 unspecified atom stereocenters. The van der Waals surface area contributed by atoms with Gasteiger partial charge in [-0.15, -0.1) is 11.3 Å². The number of thiophene rings is 1. The Bertz CT molecular complexity index is 429. The maximum Gasteiger partial charge on any atom is 0.150 e. The molecule has 2 heterocycles. The third kappa shape index (κ3) is 2.52. The molecule has 2 nitrogen and oxygen atoms in total. The summed E-state index contributed by atoms with van der Waals surface area (Å²) in [5.74, 6) is 1.82. The molecule has 0 amide bonds. The fraction of sp³-hybridized carbons (Fsp3) is 0.182. The zero-order valence-electron chi connectivity index (χ0n) is 8.21. The molecule has 2 aromatic rings. The second-order valence-electron chi connectivity index (χ2n) is 3.03. The van der Waals surface area contributed by atoms with Gasteiger partial charge in [0.15, 0.2) is 0 Å². The van der Waals surface area contributed by atoms with E-state index in [4.69, 9.17) is 0 Å². The predicted molar refractivity (Wildman–Crippen MR) is 68.5 cm³/mol. The summed E-state index contributed by atoms with van der Waals surface area (Å²) < 4.78 is 2.13. The lowest BCUT2D eigenvalue weighted by atomic mass is 10.4. The van der Waals surface area contributed by atoms with Crippen molar-refractivity contribution in [2.45, 2.75) is 6.54 Å². The number of nitrogens with zero attached hydrogens (tertiary/aromatic N) is 2. The number of hydrogen-bond donors (Lipinski definition) is 1. The highest BCUT2D eigenvalue weighted by Gasteiger charge is 2.04. The normalized spacial score (nSPS) is 11.3. The first-order chi connectivity index (χ1) is 7.42. The van der Waals surface area contributed by atoms with Crippen LogP contribution in [0.1, 0.15) is 0 Å². The van der Waals surface area contributed by atoms with E-state index in [-0.39, 0.29) is 0 Å². The van der Waals surface area contributed by atoms with Gasteiger partial charge in [0.25, 0.3) is 0 Å². The third-order valence-corrected chi connectivity index (χ3v) is 3.11. The van der Waals surface area contributed by atoms with E-state index in [1.165, 1.54) is 4.88 Å². The minimum absolute atomic E-state index is 0.781. The van der Waals surface area contributed by atoms with Crippen LogP contribution in [0.2, 0.25) is 0 Å². The molecular formula is C11H12N2S2. The first-order valence-electron chi connectivity index (χ1n) is 4.72. The van der Waals surface area contributed by atoms with Crippen LogP contribution in [0.4, 0.5) is 0 Å². The smallest absolute Gasteiger partial charge is 0.150 e. The highest BCUT2D eigenvalue weighted by atomic mass is 32.1. The van der Waals surface area contributed by atoms with Crippen molar-refractivity contribution in [2.24, 2.45) is 0 Å². The predicted octanol–water partition coefficient (Wildman–Crippen LogP) is 3.10. The highest BCUT2D eigenvalue weighted by Crippen LogP contribution is 2.22. The fourth-order valence-corrected chi connectivity index (χ4v) is 2.24. The number of imidazole rings is 1. The van der Waals surface area contributed by atoms with Crippen LogP contribution < -0.4 is 0 Å². The van der Waals surface area contributed by atoms with Crippen molar-refractivity contribution in [3.05, 3.63) is 42.1 Å². The molecule has 0 spiro atoms. The molecule has 0 aromatic carbocycles. The summed E-state index contributed by atoms with van der Waals surface area (Å²) in [7, 11) is 0. The number of allylic oxidation sites excluding steroid dienone is 1. The van der Waals surface area contributed by atoms with Crippen molar-refractivity contribution >= 4 is 24.0 Å². The van der Waals surface area contributed by atoms with Gasteiger partial charge in [0.1, 0.15) is 5.82 Å². The van der Waals surface area contributed by atoms with Crippen molar-refractivity contribution in [1.29, 1.82) is 0 Å². The molecule has 0 bridgehead atoms. The van der Waals surface area contributed by atoms with Crippen molar-refractivity contribution in [2.75, 3.05) is 5.75 Å². The lowest BCUT2D eigenvalue weighted by Gasteiger charge is -2.01. The highest BCUT2D eigenvalue weighted by molar-refractivity contribution is 7.80. The van der Waals surface area contributed by atoms with E-state index in [9.17, 15) is 0 Å². The first kappa shape index (κ1) is 10.5. The van der Waals surface area contributed by atoms with Gasteiger partial charge in [0.05, 0.1) is 4.88 Å². The van der Waals surface area contributed by atoms with Crippen molar-refractivity contribution in [3.63, 3.8) is 0 Å². The van der Waals surface area contributed by atoms with Crippen LogP contribution in [0.3, 0.4) is 0 Å². The second kappa shape index (κ2) is 5.19. The van der Waals surface area contributed by atoms with Crippen LogP contribution in [0, 0.1) is 0 Å². The van der Waals surface area contributed by atoms with Crippen molar-refractivity contribution < 1.29 is 0 Å². The molecule has 0 aliphatic carbocycles. The largest absolute Gasteiger partial charge is 0.326 e. The van der Waals surface area contributed by atoms with E-state index in [2.05, 4.69) is 39.7 Å². The number of aromatic nitrogens is 2. The van der Waals surface area contributed by atoms with E-state index in [1.54, 1.807) is 11.3 Å². The van der Waals surface area contributed by atoms with E-state index < -0.39 is 0 Å². The SMILES string of the molecule is SCC=CCn1ccnc1-c1cccs1. The Balaban J connectivity index is 2.19. The molecule has 0 aliphatic heterocycles. The summed E-state index contributed by atoms with van der Waals surface area (Å²) in [6.07, 6.45) is 7.98. The van der Waals surface area contributed by atoms with E-state index >= 15 is 0 Å². The summed E-state index contributed by atoms with van der Waals surface area (Å²) in [6, 6.07) is 4.13. The molecule has 2 rings (SSSR count). The van der Waals surface area contributed by atoms with Gasteiger partial charge in [-0.25, -0.2) is 4.98 Å². The first-order valence-corrected chi connectivity index (χ1v) is 6.24. The van der Waals surface area contributed by atoms with Gasteiger partial charge >= 0.3 is 0 Å². The zero-order chi connectivity index (χ0) is 10.5. The quantitative estimate of drug-likeness (QED) is 0.638. The van der Waals surface area contributed by atoms with E-state index in [0.717, 1.165) is 18.1 Å². The summed E-state index contributed by atoms with van der Waals surface area (Å²) in [6.45, 7) is 0.855. The standard InChI is InChI=1S/C11H12N2S2/c14-8-2-1-6-13-7-5-12-11(13)10-4-3-9-15-10/h1-5,7,9,14H,6,8H2. The Hall–Kier alpha value is -1.00. The summed E-state index contributed by atoms with van der Waals surface area (Å²) in [5.41, 5.74) is 0. The van der Waals surface area contributed by atoms with E-state index in [1.807, 2.05) is 24.5 Å². The average Bonchev–Trinajstić information content (AvgIpc) is 2.87. The molecule has 0 N–H and O–H groups in total. The van der Waals surface area contributed by atoms with Crippen molar-refractivity contribution in [1.82, 2.24) is 9.55 Å². The van der Waals surface area contributed by atoms with Gasteiger partial charge in [0.2, 0.25) is 0 Å². The molecular weight excluding hydrogens is 224 g/mol. The van der Waals surface area contributed by atoms with Gasteiger partial charge in [-0.05, 0) is 11.4 Å². The fourth-order valence-electron chi connectivity index (χ4n) is 1.35. The lowest BCUT2D eigenvalue weighted by Crippen LogP contribution is -1.95. The van der Waals surface area contributed by atoms with Crippen molar-refractivity contribution in [3.8, 4) is 10.7 Å². The second-order valence-corrected chi connectivity index (χ2v) is 4.35. The zero-order valence-corrected chi connectivity index (χ0v) is 9.92. The summed E-state index contributed by atoms with van der Waals surface area (Å²) in [4.78, 5) is 5.57. The van der Waals surface area contributed by atoms with Crippen LogP contribution in [0.25, 0.3) is 10.7 Å². The van der Waals surface area contributed by atoms with Crippen LogP contribution in [-0.4, -0.2) is 15.3 Å². The van der Waals surface area contributed by atoms with Crippen LogP contribution in [0.15, 0.2) is 42.1 Å². The van der Waals surface area contributed by atoms with Gasteiger partial charge in [-0.3, -0.25) is 0 Å². The molecule has 78 valence electrons. The van der Waals surface area contributed by atoms with Crippen LogP contribution >= 0.6 is 24.0 Å². The Labute approximate surface area is 98.7 Å². The molecule has 0 saturated carbocycles. The molecule has 15 heavy (non-hydrogen) atoms. The minimum atomic E-state index is 0.781. The molecule has 0 radical (unpaired) electrons. The van der Waals surface area contributed by atoms with Crippen LogP contribution in [0.5, 0.6) is 0 Å². The Morgan fingerprint density at radius 2 is 2.40 bits per heavy atom. The lowest BCUT2D eigenvalue weighted by molar-refractivity contribution is 0.832. The van der Waals surface area contributed by atoms with Gasteiger partial charge in [-0.1, -0.05) is 18.2 Å². The Kier molecular flexibility index (Phi) is 3.64. The molecule has 2 aromatic heterocycles. The van der Waals surface area contributed by atoms with Gasteiger partial charge in [-0.2, -0.15) is 12.6 Å². The average molecular weight is 236 g/mol. The van der Waals surface area contributed by atoms with Gasteiger partial charge < -0.3 is 4.57 Å². The Morgan fingerprint density at radius 1 is 1.47 bits per heavy atom.